The molecule has 1 aromatic rings. The maximum Gasteiger partial charge on any atom is 0.473 e. The van der Waals surface area contributed by atoms with Gasteiger partial charge >= 0.3 is 6.30 Å². The molecule has 0 saturated carbocycles. The number of rotatable bonds is 2. The molecule has 3 nitrogen and oxygen atoms in total. The molecule has 0 fully saturated rings. The van der Waals surface area contributed by atoms with Crippen LogP contribution in [-0.4, -0.2) is 26.1 Å². The fourth-order valence-corrected chi connectivity index (χ4v) is 1.98. The van der Waals surface area contributed by atoms with Gasteiger partial charge in [-0.3, -0.25) is 0 Å². The predicted octanol–water partition coefficient (Wildman–Crippen LogP) is 1.83. The lowest BCUT2D eigenvalue weighted by molar-refractivity contribution is -0.202. The van der Waals surface area contributed by atoms with Gasteiger partial charge in [0.2, 0.25) is 10.0 Å². The summed E-state index contributed by atoms with van der Waals surface area (Å²) in [5.74, 6) is 0. The molecule has 0 unspecified atom stereocenters. The molecule has 0 heterocycles. The van der Waals surface area contributed by atoms with Crippen LogP contribution in [0.3, 0.4) is 0 Å². The maximum atomic E-state index is 12.2. The van der Waals surface area contributed by atoms with Crippen molar-refractivity contribution in [1.82, 2.24) is 4.31 Å². The maximum absolute atomic E-state index is 12.2. The van der Waals surface area contributed by atoms with E-state index in [2.05, 4.69) is 0 Å². The van der Waals surface area contributed by atoms with E-state index in [9.17, 15) is 21.6 Å². The summed E-state index contributed by atoms with van der Waals surface area (Å²) < 4.78 is 58.7. The van der Waals surface area contributed by atoms with Gasteiger partial charge in [0.1, 0.15) is 0 Å². The minimum atomic E-state index is -4.91. The van der Waals surface area contributed by atoms with Crippen molar-refractivity contribution < 1.29 is 21.6 Å². The van der Waals surface area contributed by atoms with Gasteiger partial charge in [0.25, 0.3) is 0 Å². The van der Waals surface area contributed by atoms with E-state index in [-0.39, 0.29) is 4.90 Å². The molecule has 0 amide bonds. The average molecular weight is 239 g/mol. The normalized spacial score (nSPS) is 13.1. The van der Waals surface area contributed by atoms with Crippen LogP contribution < -0.4 is 0 Å². The molecular formula is C8H8F3NO2S. The van der Waals surface area contributed by atoms with Crippen LogP contribution in [0.5, 0.6) is 0 Å². The van der Waals surface area contributed by atoms with Gasteiger partial charge in [0.05, 0.1) is 4.90 Å². The Kier molecular flexibility index (Phi) is 3.05. The summed E-state index contributed by atoms with van der Waals surface area (Å²) in [5.41, 5.74) is 0. The molecule has 0 aromatic heterocycles. The molecule has 0 atom stereocenters. The van der Waals surface area contributed by atoms with E-state index >= 15 is 0 Å². The summed E-state index contributed by atoms with van der Waals surface area (Å²) in [6, 6.07) is 6.45. The molecule has 0 spiro atoms. The first kappa shape index (κ1) is 12.0. The summed E-state index contributed by atoms with van der Waals surface area (Å²) in [4.78, 5) is -0.384. The van der Waals surface area contributed by atoms with E-state index in [1.54, 1.807) is 0 Å². The first-order chi connectivity index (χ1) is 6.76. The van der Waals surface area contributed by atoms with Crippen LogP contribution in [0.4, 0.5) is 13.2 Å². The topological polar surface area (TPSA) is 37.4 Å². The fourth-order valence-electron chi connectivity index (χ4n) is 0.887. The third-order valence-electron chi connectivity index (χ3n) is 1.76. The monoisotopic (exact) mass is 239 g/mol. The van der Waals surface area contributed by atoms with Gasteiger partial charge in [-0.15, -0.1) is 4.31 Å². The van der Waals surface area contributed by atoms with Crippen molar-refractivity contribution in [3.63, 3.8) is 0 Å². The van der Waals surface area contributed by atoms with E-state index in [1.807, 2.05) is 0 Å². The number of halogens is 3. The van der Waals surface area contributed by atoms with Gasteiger partial charge in [-0.1, -0.05) is 18.2 Å². The summed E-state index contributed by atoms with van der Waals surface area (Å²) >= 11 is 0. The first-order valence-corrected chi connectivity index (χ1v) is 5.31. The lowest BCUT2D eigenvalue weighted by Crippen LogP contribution is -2.39. The first-order valence-electron chi connectivity index (χ1n) is 3.87. The lowest BCUT2D eigenvalue weighted by Gasteiger charge is -2.19. The Balaban J connectivity index is 3.16. The highest BCUT2D eigenvalue weighted by molar-refractivity contribution is 7.89. The van der Waals surface area contributed by atoms with Crippen LogP contribution in [-0.2, 0) is 10.0 Å². The fraction of sp³-hybridized carbons (Fsp3) is 0.250. The molecule has 0 radical (unpaired) electrons. The minimum Gasteiger partial charge on any atom is -0.207 e. The molecular weight excluding hydrogens is 231 g/mol. The van der Waals surface area contributed by atoms with E-state index in [0.717, 1.165) is 12.1 Å². The van der Waals surface area contributed by atoms with Gasteiger partial charge < -0.3 is 0 Å². The zero-order valence-corrected chi connectivity index (χ0v) is 8.51. The summed E-state index contributed by atoms with van der Waals surface area (Å²) in [7, 11) is -4.01. The van der Waals surface area contributed by atoms with Crippen LogP contribution in [0.25, 0.3) is 0 Å². The summed E-state index contributed by atoms with van der Waals surface area (Å²) in [6.45, 7) is 0. The van der Waals surface area contributed by atoms with Gasteiger partial charge in [0, 0.05) is 7.05 Å². The molecule has 84 valence electrons. The van der Waals surface area contributed by atoms with Gasteiger partial charge in [-0.2, -0.15) is 13.2 Å². The molecule has 7 heteroatoms. The van der Waals surface area contributed by atoms with Crippen LogP contribution >= 0.6 is 0 Å². The highest BCUT2D eigenvalue weighted by Crippen LogP contribution is 2.26. The van der Waals surface area contributed by atoms with Crippen LogP contribution in [0.2, 0.25) is 0 Å². The highest BCUT2D eigenvalue weighted by atomic mass is 32.2. The van der Waals surface area contributed by atoms with Gasteiger partial charge in [-0.05, 0) is 12.1 Å². The smallest absolute Gasteiger partial charge is 0.207 e. The molecule has 0 aliphatic carbocycles. The predicted molar refractivity (Wildman–Crippen MR) is 47.4 cm³/mol. The minimum absolute atomic E-state index is 0.384. The van der Waals surface area contributed by atoms with Crippen molar-refractivity contribution in [1.29, 1.82) is 0 Å². The molecule has 0 aliphatic rings. The van der Waals surface area contributed by atoms with E-state index in [0.29, 0.717) is 7.05 Å². The van der Waals surface area contributed by atoms with E-state index < -0.39 is 20.6 Å². The number of alkyl halides is 3. The second-order valence-corrected chi connectivity index (χ2v) is 4.72. The lowest BCUT2D eigenvalue weighted by atomic mass is 10.4. The van der Waals surface area contributed by atoms with Crippen molar-refractivity contribution in [3.05, 3.63) is 30.3 Å². The number of benzene rings is 1. The van der Waals surface area contributed by atoms with Gasteiger partial charge in [0.15, 0.2) is 0 Å². The third kappa shape index (κ3) is 2.48. The molecule has 0 bridgehead atoms. The largest absolute Gasteiger partial charge is 0.473 e. The number of hydrogen-bond acceptors (Lipinski definition) is 2. The SMILES string of the molecule is CN(C(F)(F)F)S(=O)(=O)c1ccccc1. The Morgan fingerprint density at radius 1 is 1.13 bits per heavy atom. The van der Waals surface area contributed by atoms with E-state index in [4.69, 9.17) is 0 Å². The number of hydrogen-bond donors (Lipinski definition) is 0. The highest BCUT2D eigenvalue weighted by Gasteiger charge is 2.43. The Bertz CT molecular complexity index is 427. The van der Waals surface area contributed by atoms with Crippen molar-refractivity contribution in [3.8, 4) is 0 Å². The Hall–Kier alpha value is -1.08. The van der Waals surface area contributed by atoms with Crippen LogP contribution in [0.1, 0.15) is 0 Å². The standard InChI is InChI=1S/C8H8F3NO2S/c1-12(8(9,10)11)15(13,14)7-5-3-2-4-6-7/h2-6H,1H3. The zero-order valence-electron chi connectivity index (χ0n) is 7.69. The third-order valence-corrected chi connectivity index (χ3v) is 3.55. The number of nitrogens with zero attached hydrogens (tertiary/aromatic N) is 1. The van der Waals surface area contributed by atoms with E-state index in [1.165, 1.54) is 18.2 Å². The summed E-state index contributed by atoms with van der Waals surface area (Å²) in [5, 5.41) is 0. The second-order valence-electron chi connectivity index (χ2n) is 2.75. The van der Waals surface area contributed by atoms with Crippen molar-refractivity contribution in [2.45, 2.75) is 11.2 Å². The Morgan fingerprint density at radius 3 is 2.00 bits per heavy atom. The zero-order chi connectivity index (χ0) is 11.7. The molecule has 1 aromatic carbocycles. The molecule has 0 N–H and O–H groups in total. The Morgan fingerprint density at radius 2 is 1.60 bits per heavy atom. The van der Waals surface area contributed by atoms with Crippen LogP contribution in [0.15, 0.2) is 35.2 Å². The van der Waals surface area contributed by atoms with Crippen molar-refractivity contribution in [2.75, 3.05) is 7.05 Å². The van der Waals surface area contributed by atoms with Crippen LogP contribution in [0, 0.1) is 0 Å². The Labute approximate surface area is 85.2 Å². The quantitative estimate of drug-likeness (QED) is 0.738. The molecule has 0 saturated heterocycles. The average Bonchev–Trinajstić information content (AvgIpc) is 2.16. The number of sulfonamides is 1. The summed E-state index contributed by atoms with van der Waals surface area (Å²) in [6.07, 6.45) is -4.91. The molecule has 15 heavy (non-hydrogen) atoms. The molecule has 0 aliphatic heterocycles. The van der Waals surface area contributed by atoms with Crippen molar-refractivity contribution >= 4 is 10.0 Å². The van der Waals surface area contributed by atoms with Gasteiger partial charge in [-0.25, -0.2) is 8.42 Å². The molecule has 1 rings (SSSR count). The second kappa shape index (κ2) is 3.82. The van der Waals surface area contributed by atoms with Crippen molar-refractivity contribution in [2.24, 2.45) is 0 Å².